The van der Waals surface area contributed by atoms with E-state index < -0.39 is 0 Å². The molecule has 0 saturated heterocycles. The number of rotatable bonds is 5. The van der Waals surface area contributed by atoms with E-state index in [-0.39, 0.29) is 15.9 Å². The van der Waals surface area contributed by atoms with Crippen LogP contribution >= 0.6 is 30.7 Å². The molecule has 3 nitrogen and oxygen atoms in total. The van der Waals surface area contributed by atoms with Gasteiger partial charge in [0.15, 0.2) is 0 Å². The van der Waals surface area contributed by atoms with E-state index in [9.17, 15) is 0 Å². The van der Waals surface area contributed by atoms with Gasteiger partial charge < -0.3 is 9.80 Å². The van der Waals surface area contributed by atoms with Crippen LogP contribution in [0.15, 0.2) is 78.9 Å². The maximum atomic E-state index is 5.48. The molecule has 1 aromatic heterocycles. The van der Waals surface area contributed by atoms with Gasteiger partial charge in [0.1, 0.15) is 0 Å². The Morgan fingerprint density at radius 1 is 0.860 bits per heavy atom. The van der Waals surface area contributed by atoms with Crippen LogP contribution in [0.2, 0.25) is 5.02 Å². The zero-order valence-electron chi connectivity index (χ0n) is 26.5. The molecule has 0 aliphatic carbocycles. The van der Waals surface area contributed by atoms with Crippen molar-refractivity contribution in [2.75, 3.05) is 4.90 Å². The van der Waals surface area contributed by atoms with Gasteiger partial charge in [0.25, 0.3) is 0 Å². The topological polar surface area (TPSA) is 19.4 Å². The van der Waals surface area contributed by atoms with Gasteiger partial charge in [-0.2, -0.15) is 0 Å². The molecular weight excluding hydrogens is 687 g/mol. The van der Waals surface area contributed by atoms with Gasteiger partial charge in [-0.1, -0.05) is 89.0 Å². The van der Waals surface area contributed by atoms with E-state index in [0.717, 1.165) is 0 Å². The standard InChI is InChI=1S/C31H39N2.C5H4ClN.2ClH.Pd/c1-19(2)25-15-27(20(3)4)30(28(16-25)21(5)6)29-12-10-11-26-17-32(18-33(26)29)31-23(8)13-22(7)14-24(31)9;6-5-2-1-3-7-4-5;;;/h10-21H,1-9H3;1-4H;2*1H;/q-1;;;;+2/p-2. The molecule has 2 aliphatic heterocycles. The Hall–Kier alpha value is -2.06. The molecule has 0 spiro atoms. The Bertz CT molecular complexity index is 1420. The van der Waals surface area contributed by atoms with Crippen molar-refractivity contribution in [3.8, 4) is 0 Å². The van der Waals surface area contributed by atoms with Crippen molar-refractivity contribution in [1.29, 1.82) is 0 Å². The molecule has 2 aromatic carbocycles. The van der Waals surface area contributed by atoms with Crippen LogP contribution in [0.3, 0.4) is 0 Å². The molecule has 234 valence electrons. The molecule has 0 bridgehead atoms. The van der Waals surface area contributed by atoms with Gasteiger partial charge in [-0.25, -0.2) is 0 Å². The van der Waals surface area contributed by atoms with Crippen LogP contribution in [-0.2, 0) is 15.9 Å². The normalized spacial score (nSPS) is 13.9. The average Bonchev–Trinajstić information content (AvgIpc) is 3.36. The van der Waals surface area contributed by atoms with E-state index >= 15 is 0 Å². The molecule has 0 saturated carbocycles. The molecule has 2 aliphatic rings. The van der Waals surface area contributed by atoms with Crippen molar-refractivity contribution in [2.45, 2.75) is 80.1 Å². The summed E-state index contributed by atoms with van der Waals surface area (Å²) in [5.74, 6) is 1.43. The number of aromatic nitrogens is 1. The summed E-state index contributed by atoms with van der Waals surface area (Å²) in [6.07, 6.45) is 12.3. The molecule has 7 heteroatoms. The Morgan fingerprint density at radius 2 is 1.44 bits per heavy atom. The fourth-order valence-electron chi connectivity index (χ4n) is 5.57. The second-order valence-corrected chi connectivity index (χ2v) is 14.7. The van der Waals surface area contributed by atoms with Crippen LogP contribution < -0.4 is 4.90 Å². The van der Waals surface area contributed by atoms with Crippen molar-refractivity contribution in [3.63, 3.8) is 0 Å². The van der Waals surface area contributed by atoms with E-state index in [1.165, 1.54) is 56.0 Å². The summed E-state index contributed by atoms with van der Waals surface area (Å²) in [4.78, 5) is 8.43. The van der Waals surface area contributed by atoms with Crippen molar-refractivity contribution in [3.05, 3.63) is 130 Å². The number of allylic oxidation sites excluding steroid dienone is 3. The molecule has 3 aromatic rings. The monoisotopic (exact) mass is 728 g/mol. The number of nitrogens with zero attached hydrogens (tertiary/aromatic N) is 3. The number of hydrogen-bond acceptors (Lipinski definition) is 3. The van der Waals surface area contributed by atoms with Gasteiger partial charge in [-0.05, 0) is 96.8 Å². The number of benzene rings is 2. The number of pyridine rings is 1. The van der Waals surface area contributed by atoms with E-state index in [0.29, 0.717) is 22.8 Å². The van der Waals surface area contributed by atoms with Crippen molar-refractivity contribution in [2.24, 2.45) is 0 Å². The number of aryl methyl sites for hydroxylation is 3. The summed E-state index contributed by atoms with van der Waals surface area (Å²) in [5.41, 5.74) is 13.4. The minimum atomic E-state index is -0.106. The third kappa shape index (κ3) is 9.00. The van der Waals surface area contributed by atoms with Crippen LogP contribution in [0.1, 0.15) is 98.2 Å². The summed E-state index contributed by atoms with van der Waals surface area (Å²) >= 11 is 5.37. The summed E-state index contributed by atoms with van der Waals surface area (Å²) < 4.78 is 0. The number of fused-ring (bicyclic) bond motifs is 1. The van der Waals surface area contributed by atoms with Gasteiger partial charge in [-0.3, -0.25) is 4.98 Å². The molecule has 0 N–H and O–H groups in total. The second-order valence-electron chi connectivity index (χ2n) is 11.9. The SMILES string of the molecule is Cc1cc(C)c(N2C=C3C=CC=C(c4c(C(C)C)cc(C(C)C)cc4C(C)C)N3[CH-]2)c(C)c1.Clc1cccnc1.[Cl][Pd][Cl]. The summed E-state index contributed by atoms with van der Waals surface area (Å²) in [5, 5.41) is 0.683. The first kappa shape index (κ1) is 35.4. The fourth-order valence-corrected chi connectivity index (χ4v) is 5.70. The number of anilines is 1. The molecule has 0 amide bonds. The van der Waals surface area contributed by atoms with Gasteiger partial charge in [0.2, 0.25) is 0 Å². The summed E-state index contributed by atoms with van der Waals surface area (Å²) in [6.45, 7) is 22.7. The Balaban J connectivity index is 0.000000432. The summed E-state index contributed by atoms with van der Waals surface area (Å²) in [6, 6.07) is 13.0. The molecular formula is C36H43Cl3N3Pd-. The first-order valence-corrected chi connectivity index (χ1v) is 18.9. The molecule has 5 rings (SSSR count). The number of hydrogen-bond donors (Lipinski definition) is 0. The van der Waals surface area contributed by atoms with E-state index in [1.54, 1.807) is 24.5 Å². The van der Waals surface area contributed by atoms with Gasteiger partial charge in [0, 0.05) is 35.0 Å². The zero-order chi connectivity index (χ0) is 31.8. The van der Waals surface area contributed by atoms with Crippen molar-refractivity contribution >= 4 is 42.0 Å². The molecule has 0 fully saturated rings. The molecule has 0 unspecified atom stereocenters. The molecule has 3 heterocycles. The predicted molar refractivity (Wildman–Crippen MR) is 184 cm³/mol. The molecule has 0 atom stereocenters. The van der Waals surface area contributed by atoms with Gasteiger partial charge in [0.05, 0.1) is 5.02 Å². The van der Waals surface area contributed by atoms with Crippen LogP contribution in [-0.4, -0.2) is 9.88 Å². The van der Waals surface area contributed by atoms with Crippen LogP contribution in [0, 0.1) is 27.4 Å². The zero-order valence-corrected chi connectivity index (χ0v) is 30.4. The Labute approximate surface area is 280 Å². The quantitative estimate of drug-likeness (QED) is 0.192. The Kier molecular flexibility index (Phi) is 13.4. The fraction of sp³-hybridized carbons (Fsp3) is 0.333. The van der Waals surface area contributed by atoms with E-state index in [1.807, 2.05) is 0 Å². The molecule has 0 radical (unpaired) electrons. The predicted octanol–water partition coefficient (Wildman–Crippen LogP) is 11.8. The minimum absolute atomic E-state index is 0.106. The first-order valence-electron chi connectivity index (χ1n) is 14.6. The van der Waals surface area contributed by atoms with Gasteiger partial charge in [-0.15, -0.1) is 6.67 Å². The Morgan fingerprint density at radius 3 is 1.88 bits per heavy atom. The average molecular weight is 731 g/mol. The van der Waals surface area contributed by atoms with Crippen LogP contribution in [0.5, 0.6) is 0 Å². The number of halogens is 3. The first-order chi connectivity index (χ1) is 20.4. The third-order valence-corrected chi connectivity index (χ3v) is 7.70. The second kappa shape index (κ2) is 16.3. The third-order valence-electron chi connectivity index (χ3n) is 7.48. The van der Waals surface area contributed by atoms with Gasteiger partial charge >= 0.3 is 35.0 Å². The van der Waals surface area contributed by atoms with Crippen LogP contribution in [0.25, 0.3) is 5.70 Å². The van der Waals surface area contributed by atoms with Crippen molar-refractivity contribution in [1.82, 2.24) is 9.88 Å². The van der Waals surface area contributed by atoms with E-state index in [2.05, 4.69) is 132 Å². The van der Waals surface area contributed by atoms with E-state index in [4.69, 9.17) is 30.7 Å². The maximum absolute atomic E-state index is 5.48. The van der Waals surface area contributed by atoms with Crippen LogP contribution in [0.4, 0.5) is 5.69 Å². The summed E-state index contributed by atoms with van der Waals surface area (Å²) in [7, 11) is 9.63. The molecule has 43 heavy (non-hydrogen) atoms. The van der Waals surface area contributed by atoms with Crippen molar-refractivity contribution < 1.29 is 15.9 Å².